The smallest absolute Gasteiger partial charge is 0.316 e. The lowest BCUT2D eigenvalue weighted by Gasteiger charge is -2.31. The molecule has 0 fully saturated rings. The SMILES string of the molecule is CCCOC(F)(F)C(F)(F)C(C)C(F)(F)F. The van der Waals surface area contributed by atoms with Crippen molar-refractivity contribution in [3.8, 4) is 0 Å². The van der Waals surface area contributed by atoms with Crippen molar-refractivity contribution in [1.29, 1.82) is 0 Å². The zero-order valence-electron chi connectivity index (χ0n) is 8.55. The standard InChI is InChI=1S/C8H11F7O/c1-3-4-16-8(14,15)6(9,10)5(2)7(11,12)13/h5H,3-4H2,1-2H3. The van der Waals surface area contributed by atoms with Crippen LogP contribution < -0.4 is 0 Å². The van der Waals surface area contributed by atoms with Gasteiger partial charge in [-0.05, 0) is 13.3 Å². The first-order chi connectivity index (χ1) is 6.97. The highest BCUT2D eigenvalue weighted by Gasteiger charge is 2.67. The largest absolute Gasteiger partial charge is 0.420 e. The molecule has 0 saturated carbocycles. The van der Waals surface area contributed by atoms with Crippen molar-refractivity contribution in [2.75, 3.05) is 6.61 Å². The Morgan fingerprint density at radius 2 is 1.44 bits per heavy atom. The fraction of sp³-hybridized carbons (Fsp3) is 1.00. The van der Waals surface area contributed by atoms with E-state index in [1.165, 1.54) is 6.92 Å². The third kappa shape index (κ3) is 3.23. The molecule has 0 aliphatic carbocycles. The Balaban J connectivity index is 4.88. The van der Waals surface area contributed by atoms with Gasteiger partial charge in [0.25, 0.3) is 0 Å². The zero-order chi connectivity index (χ0) is 13.2. The van der Waals surface area contributed by atoms with Gasteiger partial charge >= 0.3 is 18.2 Å². The lowest BCUT2D eigenvalue weighted by molar-refractivity contribution is -0.385. The van der Waals surface area contributed by atoms with E-state index in [1.807, 2.05) is 0 Å². The zero-order valence-corrected chi connectivity index (χ0v) is 8.55. The van der Waals surface area contributed by atoms with Gasteiger partial charge in [-0.1, -0.05) is 6.92 Å². The summed E-state index contributed by atoms with van der Waals surface area (Å²) in [5.74, 6) is -8.77. The maximum Gasteiger partial charge on any atom is 0.420 e. The van der Waals surface area contributed by atoms with Gasteiger partial charge in [-0.2, -0.15) is 30.7 Å². The first-order valence-electron chi connectivity index (χ1n) is 4.43. The Bertz CT molecular complexity index is 223. The molecule has 0 aromatic rings. The van der Waals surface area contributed by atoms with Crippen LogP contribution in [0.15, 0.2) is 0 Å². The third-order valence-electron chi connectivity index (χ3n) is 1.91. The average Bonchev–Trinajstić information content (AvgIpc) is 2.11. The van der Waals surface area contributed by atoms with Crippen LogP contribution >= 0.6 is 0 Å². The van der Waals surface area contributed by atoms with Crippen molar-refractivity contribution in [3.63, 3.8) is 0 Å². The molecule has 0 aromatic carbocycles. The van der Waals surface area contributed by atoms with Gasteiger partial charge in [0.15, 0.2) is 0 Å². The molecule has 0 aliphatic heterocycles. The normalized spacial score (nSPS) is 16.3. The van der Waals surface area contributed by atoms with Crippen LogP contribution in [0.2, 0.25) is 0 Å². The summed E-state index contributed by atoms with van der Waals surface area (Å²) in [7, 11) is 0. The molecule has 0 aromatic heterocycles. The monoisotopic (exact) mass is 256 g/mol. The molecule has 0 rings (SSSR count). The molecule has 0 amide bonds. The predicted molar refractivity (Wildman–Crippen MR) is 41.4 cm³/mol. The maximum atomic E-state index is 12.8. The Morgan fingerprint density at radius 1 is 1.00 bits per heavy atom. The molecule has 0 bridgehead atoms. The fourth-order valence-electron chi connectivity index (χ4n) is 0.784. The van der Waals surface area contributed by atoms with Gasteiger partial charge in [-0.15, -0.1) is 0 Å². The first kappa shape index (κ1) is 15.5. The number of ether oxygens (including phenoxy) is 1. The second-order valence-electron chi connectivity index (χ2n) is 3.25. The van der Waals surface area contributed by atoms with Crippen LogP contribution in [-0.2, 0) is 4.74 Å². The van der Waals surface area contributed by atoms with Crippen molar-refractivity contribution in [3.05, 3.63) is 0 Å². The average molecular weight is 256 g/mol. The minimum Gasteiger partial charge on any atom is -0.316 e. The molecule has 0 spiro atoms. The second kappa shape index (κ2) is 4.77. The number of hydrogen-bond acceptors (Lipinski definition) is 1. The maximum absolute atomic E-state index is 12.8. The number of rotatable bonds is 5. The van der Waals surface area contributed by atoms with E-state index >= 15 is 0 Å². The van der Waals surface area contributed by atoms with E-state index in [9.17, 15) is 30.7 Å². The summed E-state index contributed by atoms with van der Waals surface area (Å²) in [4.78, 5) is 0. The van der Waals surface area contributed by atoms with Gasteiger partial charge in [-0.25, -0.2) is 0 Å². The number of alkyl halides is 7. The molecule has 0 saturated heterocycles. The quantitative estimate of drug-likeness (QED) is 0.679. The molecular formula is C8H11F7O. The lowest BCUT2D eigenvalue weighted by atomic mass is 10.0. The minimum absolute atomic E-state index is 0.00787. The van der Waals surface area contributed by atoms with Gasteiger partial charge in [0.2, 0.25) is 0 Å². The molecule has 1 unspecified atom stereocenters. The highest BCUT2D eigenvalue weighted by atomic mass is 19.4. The Kier molecular flexibility index (Phi) is 4.61. The number of hydrogen-bond donors (Lipinski definition) is 0. The van der Waals surface area contributed by atoms with E-state index in [1.54, 1.807) is 0 Å². The van der Waals surface area contributed by atoms with E-state index in [-0.39, 0.29) is 13.3 Å². The summed E-state index contributed by atoms with van der Waals surface area (Å²) in [6.07, 6.45) is -10.5. The summed E-state index contributed by atoms with van der Waals surface area (Å²) >= 11 is 0. The molecule has 16 heavy (non-hydrogen) atoms. The van der Waals surface area contributed by atoms with E-state index in [2.05, 4.69) is 4.74 Å². The molecule has 1 nitrogen and oxygen atoms in total. The van der Waals surface area contributed by atoms with E-state index in [0.29, 0.717) is 0 Å². The van der Waals surface area contributed by atoms with Crippen LogP contribution in [0.3, 0.4) is 0 Å². The Morgan fingerprint density at radius 3 is 1.75 bits per heavy atom. The van der Waals surface area contributed by atoms with Crippen LogP contribution in [-0.4, -0.2) is 24.8 Å². The number of halogens is 7. The van der Waals surface area contributed by atoms with E-state index in [4.69, 9.17) is 0 Å². The van der Waals surface area contributed by atoms with Crippen molar-refractivity contribution < 1.29 is 35.5 Å². The van der Waals surface area contributed by atoms with Gasteiger partial charge < -0.3 is 4.74 Å². The predicted octanol–water partition coefficient (Wildman–Crippen LogP) is 3.84. The van der Waals surface area contributed by atoms with E-state index in [0.717, 1.165) is 0 Å². The van der Waals surface area contributed by atoms with E-state index < -0.39 is 30.7 Å². The summed E-state index contributed by atoms with van der Waals surface area (Å²) in [6.45, 7) is 0.609. The molecule has 0 N–H and O–H groups in total. The van der Waals surface area contributed by atoms with Crippen molar-refractivity contribution in [1.82, 2.24) is 0 Å². The molecule has 0 radical (unpaired) electrons. The van der Waals surface area contributed by atoms with Gasteiger partial charge in [0, 0.05) is 0 Å². The topological polar surface area (TPSA) is 9.23 Å². The molecule has 8 heteroatoms. The van der Waals surface area contributed by atoms with Crippen molar-refractivity contribution >= 4 is 0 Å². The first-order valence-corrected chi connectivity index (χ1v) is 4.43. The fourth-order valence-corrected chi connectivity index (χ4v) is 0.784. The minimum atomic E-state index is -5.41. The molecule has 1 atom stereocenters. The summed E-state index contributed by atoms with van der Waals surface area (Å²) < 4.78 is 90.3. The summed E-state index contributed by atoms with van der Waals surface area (Å²) in [5.41, 5.74) is 0. The lowest BCUT2D eigenvalue weighted by Crippen LogP contribution is -2.52. The van der Waals surface area contributed by atoms with Crippen LogP contribution in [0, 0.1) is 5.92 Å². The highest BCUT2D eigenvalue weighted by Crippen LogP contribution is 2.47. The molecule has 98 valence electrons. The van der Waals surface area contributed by atoms with Crippen LogP contribution in [0.1, 0.15) is 20.3 Å². The summed E-state index contributed by atoms with van der Waals surface area (Å²) in [5, 5.41) is 0. The van der Waals surface area contributed by atoms with Crippen molar-refractivity contribution in [2.24, 2.45) is 5.92 Å². The Labute approximate surface area is 87.6 Å². The third-order valence-corrected chi connectivity index (χ3v) is 1.91. The van der Waals surface area contributed by atoms with Gasteiger partial charge in [0.05, 0.1) is 6.61 Å². The molecule has 0 aliphatic rings. The Hall–Kier alpha value is -0.530. The van der Waals surface area contributed by atoms with Crippen LogP contribution in [0.5, 0.6) is 0 Å². The molecular weight excluding hydrogens is 245 g/mol. The van der Waals surface area contributed by atoms with Crippen LogP contribution in [0.25, 0.3) is 0 Å². The van der Waals surface area contributed by atoms with Gasteiger partial charge in [-0.3, -0.25) is 0 Å². The summed E-state index contributed by atoms with van der Waals surface area (Å²) in [6, 6.07) is 0. The van der Waals surface area contributed by atoms with Gasteiger partial charge in [0.1, 0.15) is 5.92 Å². The van der Waals surface area contributed by atoms with Crippen molar-refractivity contribution in [2.45, 2.75) is 38.5 Å². The molecule has 0 heterocycles. The second-order valence-corrected chi connectivity index (χ2v) is 3.25. The van der Waals surface area contributed by atoms with Crippen LogP contribution in [0.4, 0.5) is 30.7 Å². The highest BCUT2D eigenvalue weighted by molar-refractivity contribution is 4.86.